The summed E-state index contributed by atoms with van der Waals surface area (Å²) in [4.78, 5) is 12.9. The molecule has 27 heavy (non-hydrogen) atoms. The van der Waals surface area contributed by atoms with Crippen molar-refractivity contribution >= 4 is 15.9 Å². The van der Waals surface area contributed by atoms with E-state index in [0.29, 0.717) is 43.6 Å². The Hall–Kier alpha value is -1.60. The van der Waals surface area contributed by atoms with Crippen molar-refractivity contribution in [1.82, 2.24) is 9.62 Å². The largest absolute Gasteiger partial charge is 0.497 e. The fourth-order valence-corrected chi connectivity index (χ4v) is 6.45. The Balaban J connectivity index is 1.33. The van der Waals surface area contributed by atoms with E-state index < -0.39 is 10.0 Å². The highest BCUT2D eigenvalue weighted by Crippen LogP contribution is 2.44. The van der Waals surface area contributed by atoms with Gasteiger partial charge in [-0.05, 0) is 68.2 Å². The topological polar surface area (TPSA) is 75.7 Å². The Morgan fingerprint density at radius 3 is 2.33 bits per heavy atom. The zero-order valence-corrected chi connectivity index (χ0v) is 16.6. The molecule has 2 aliphatic carbocycles. The molecule has 1 aromatic carbocycles. The molecule has 3 atom stereocenters. The van der Waals surface area contributed by atoms with E-state index >= 15 is 0 Å². The van der Waals surface area contributed by atoms with E-state index in [4.69, 9.17) is 4.74 Å². The van der Waals surface area contributed by atoms with Crippen LogP contribution in [-0.2, 0) is 14.8 Å². The van der Waals surface area contributed by atoms with Gasteiger partial charge < -0.3 is 10.1 Å². The number of sulfonamides is 1. The first-order valence-corrected chi connectivity index (χ1v) is 11.4. The highest BCUT2D eigenvalue weighted by Gasteiger charge is 2.41. The van der Waals surface area contributed by atoms with Crippen molar-refractivity contribution < 1.29 is 17.9 Å². The standard InChI is InChI=1S/C20H28N2O4S/c1-26-17-4-6-18(7-5-17)27(24,25)22-10-8-15(9-11-22)20(23)21-19-13-14-2-3-16(19)12-14/h4-7,14-16,19H,2-3,8-13H2,1H3,(H,21,23)/t14-,16+,19+/m0/s1. The number of nitrogens with one attached hydrogen (secondary N) is 1. The average Bonchev–Trinajstić information content (AvgIpc) is 3.31. The normalized spacial score (nSPS) is 29.0. The number of carbonyl (C=O) groups is 1. The first kappa shape index (κ1) is 18.7. The number of ether oxygens (including phenoxy) is 1. The van der Waals surface area contributed by atoms with Crippen molar-refractivity contribution in [3.8, 4) is 5.75 Å². The van der Waals surface area contributed by atoms with E-state index in [1.54, 1.807) is 31.4 Å². The summed E-state index contributed by atoms with van der Waals surface area (Å²) in [6, 6.07) is 6.80. The fraction of sp³-hybridized carbons (Fsp3) is 0.650. The molecular formula is C20H28N2O4S. The van der Waals surface area contributed by atoms with Crippen LogP contribution in [0.25, 0.3) is 0 Å². The summed E-state index contributed by atoms with van der Waals surface area (Å²) in [5.41, 5.74) is 0. The SMILES string of the molecule is COc1ccc(S(=O)(=O)N2CCC(C(=O)N[C@@H]3C[C@H]4CC[C@@H]3C4)CC2)cc1. The van der Waals surface area contributed by atoms with E-state index in [1.807, 2.05) is 0 Å². The predicted octanol–water partition coefficient (Wildman–Crippen LogP) is 2.40. The molecule has 1 aliphatic heterocycles. The van der Waals surface area contributed by atoms with Gasteiger partial charge >= 0.3 is 0 Å². The molecule has 1 N–H and O–H groups in total. The summed E-state index contributed by atoms with van der Waals surface area (Å²) in [7, 11) is -1.97. The van der Waals surface area contributed by atoms with Crippen molar-refractivity contribution in [3.63, 3.8) is 0 Å². The Morgan fingerprint density at radius 1 is 1.07 bits per heavy atom. The smallest absolute Gasteiger partial charge is 0.243 e. The van der Waals surface area contributed by atoms with Gasteiger partial charge in [0.05, 0.1) is 12.0 Å². The van der Waals surface area contributed by atoms with E-state index in [-0.39, 0.29) is 16.7 Å². The molecule has 1 heterocycles. The zero-order valence-electron chi connectivity index (χ0n) is 15.8. The molecule has 0 aromatic heterocycles. The van der Waals surface area contributed by atoms with Crippen LogP contribution in [0.15, 0.2) is 29.2 Å². The van der Waals surface area contributed by atoms with Gasteiger partial charge in [0.25, 0.3) is 0 Å². The van der Waals surface area contributed by atoms with Gasteiger partial charge in [0, 0.05) is 25.0 Å². The van der Waals surface area contributed by atoms with Crippen LogP contribution in [0.1, 0.15) is 38.5 Å². The maximum Gasteiger partial charge on any atom is 0.243 e. The lowest BCUT2D eigenvalue weighted by atomic mass is 9.93. The van der Waals surface area contributed by atoms with E-state index in [0.717, 1.165) is 12.3 Å². The molecule has 3 fully saturated rings. The number of hydrogen-bond donors (Lipinski definition) is 1. The second-order valence-corrected chi connectivity index (χ2v) is 10.1. The van der Waals surface area contributed by atoms with E-state index in [2.05, 4.69) is 5.32 Å². The maximum atomic E-state index is 12.8. The summed E-state index contributed by atoms with van der Waals surface area (Å²) in [6.45, 7) is 0.784. The predicted molar refractivity (Wildman–Crippen MR) is 102 cm³/mol. The minimum absolute atomic E-state index is 0.0774. The lowest BCUT2D eigenvalue weighted by Gasteiger charge is -2.32. The van der Waals surface area contributed by atoms with Crippen LogP contribution in [0.2, 0.25) is 0 Å². The van der Waals surface area contributed by atoms with Crippen LogP contribution in [0.3, 0.4) is 0 Å². The third-order valence-corrected chi connectivity index (χ3v) is 8.50. The van der Waals surface area contributed by atoms with Crippen LogP contribution in [0.4, 0.5) is 0 Å². The van der Waals surface area contributed by atoms with E-state index in [1.165, 1.54) is 23.6 Å². The Bertz CT molecular complexity index is 785. The van der Waals surface area contributed by atoms with Gasteiger partial charge in [-0.15, -0.1) is 0 Å². The number of piperidine rings is 1. The van der Waals surface area contributed by atoms with Gasteiger partial charge in [0.1, 0.15) is 5.75 Å². The number of rotatable bonds is 5. The van der Waals surface area contributed by atoms with Crippen molar-refractivity contribution in [2.45, 2.75) is 49.5 Å². The molecule has 1 saturated heterocycles. The second-order valence-electron chi connectivity index (χ2n) is 8.14. The summed E-state index contributed by atoms with van der Waals surface area (Å²) in [5, 5.41) is 3.26. The minimum Gasteiger partial charge on any atom is -0.497 e. The number of hydrogen-bond acceptors (Lipinski definition) is 4. The van der Waals surface area contributed by atoms with Gasteiger partial charge in [0.2, 0.25) is 15.9 Å². The van der Waals surface area contributed by atoms with Gasteiger partial charge in [-0.3, -0.25) is 4.79 Å². The summed E-state index contributed by atoms with van der Waals surface area (Å²) < 4.78 is 32.2. The van der Waals surface area contributed by atoms with Gasteiger partial charge in [-0.1, -0.05) is 6.42 Å². The molecule has 1 aromatic rings. The highest BCUT2D eigenvalue weighted by molar-refractivity contribution is 7.89. The molecule has 2 bridgehead atoms. The molecule has 4 rings (SSSR count). The van der Waals surface area contributed by atoms with Crippen LogP contribution < -0.4 is 10.1 Å². The summed E-state index contributed by atoms with van der Waals surface area (Å²) in [6.07, 6.45) is 6.13. The van der Waals surface area contributed by atoms with Crippen LogP contribution in [0, 0.1) is 17.8 Å². The molecule has 1 amide bonds. The van der Waals surface area contributed by atoms with E-state index in [9.17, 15) is 13.2 Å². The lowest BCUT2D eigenvalue weighted by molar-refractivity contribution is -0.127. The van der Waals surface area contributed by atoms with Gasteiger partial charge in [0.15, 0.2) is 0 Å². The van der Waals surface area contributed by atoms with Crippen molar-refractivity contribution in [2.75, 3.05) is 20.2 Å². The monoisotopic (exact) mass is 392 g/mol. The van der Waals surface area contributed by atoms with Crippen molar-refractivity contribution in [3.05, 3.63) is 24.3 Å². The highest BCUT2D eigenvalue weighted by atomic mass is 32.2. The number of amides is 1. The van der Waals surface area contributed by atoms with Crippen molar-refractivity contribution in [2.24, 2.45) is 17.8 Å². The average molecular weight is 393 g/mol. The quantitative estimate of drug-likeness (QED) is 0.835. The number of methoxy groups -OCH3 is 1. The Kier molecular flexibility index (Phi) is 5.16. The molecule has 2 saturated carbocycles. The number of nitrogens with zero attached hydrogens (tertiary/aromatic N) is 1. The number of benzene rings is 1. The number of fused-ring (bicyclic) bond motifs is 2. The third kappa shape index (κ3) is 3.72. The minimum atomic E-state index is -3.52. The fourth-order valence-electron chi connectivity index (χ4n) is 4.98. The van der Waals surface area contributed by atoms with Gasteiger partial charge in [-0.25, -0.2) is 8.42 Å². The maximum absolute atomic E-state index is 12.8. The zero-order chi connectivity index (χ0) is 19.0. The Morgan fingerprint density at radius 2 is 1.78 bits per heavy atom. The summed E-state index contributed by atoms with van der Waals surface area (Å²) >= 11 is 0. The Labute approximate surface area is 161 Å². The first-order valence-electron chi connectivity index (χ1n) is 9.92. The first-order chi connectivity index (χ1) is 13.0. The molecular weight excluding hydrogens is 364 g/mol. The van der Waals surface area contributed by atoms with Crippen LogP contribution >= 0.6 is 0 Å². The number of carbonyl (C=O) groups excluding carboxylic acids is 1. The molecule has 7 heteroatoms. The van der Waals surface area contributed by atoms with Gasteiger partial charge in [-0.2, -0.15) is 4.31 Å². The van der Waals surface area contributed by atoms with Crippen LogP contribution in [0.5, 0.6) is 5.75 Å². The molecule has 0 spiro atoms. The molecule has 0 radical (unpaired) electrons. The second kappa shape index (κ2) is 7.43. The molecule has 6 nitrogen and oxygen atoms in total. The molecule has 0 unspecified atom stereocenters. The van der Waals surface area contributed by atoms with Crippen molar-refractivity contribution in [1.29, 1.82) is 0 Å². The third-order valence-electron chi connectivity index (χ3n) is 6.59. The molecule has 148 valence electrons. The van der Waals surface area contributed by atoms with Crippen LogP contribution in [-0.4, -0.2) is 44.9 Å². The lowest BCUT2D eigenvalue weighted by Crippen LogP contribution is -2.46. The summed E-state index contributed by atoms with van der Waals surface area (Å²) in [5.74, 6) is 2.14. The molecule has 3 aliphatic rings.